The van der Waals surface area contributed by atoms with Crippen molar-refractivity contribution < 1.29 is 19.0 Å². The summed E-state index contributed by atoms with van der Waals surface area (Å²) in [5.74, 6) is 1.68. The minimum absolute atomic E-state index is 0.223. The van der Waals surface area contributed by atoms with Gasteiger partial charge in [0.25, 0.3) is 5.91 Å². The molecule has 1 atom stereocenters. The fourth-order valence-corrected chi connectivity index (χ4v) is 2.01. The Balaban J connectivity index is 1.54. The predicted molar refractivity (Wildman–Crippen MR) is 84.8 cm³/mol. The lowest BCUT2D eigenvalue weighted by atomic mass is 10.2. The number of nitrogens with one attached hydrogen (secondary N) is 1. The molecule has 0 saturated carbocycles. The van der Waals surface area contributed by atoms with Gasteiger partial charge in [0.15, 0.2) is 17.6 Å². The monoisotopic (exact) mass is 312 g/mol. The number of para-hydroxylation sites is 1. The van der Waals surface area contributed by atoms with E-state index in [0.717, 1.165) is 5.56 Å². The lowest BCUT2D eigenvalue weighted by molar-refractivity contribution is -0.127. The van der Waals surface area contributed by atoms with Gasteiger partial charge in [0.2, 0.25) is 6.79 Å². The van der Waals surface area contributed by atoms with Crippen LogP contribution in [0, 0.1) is 0 Å². The Morgan fingerprint density at radius 1 is 1.22 bits per heavy atom. The second-order valence-electron chi connectivity index (χ2n) is 4.92. The van der Waals surface area contributed by atoms with E-state index in [4.69, 9.17) is 14.2 Å². The largest absolute Gasteiger partial charge is 0.481 e. The summed E-state index contributed by atoms with van der Waals surface area (Å²) in [6.07, 6.45) is 0.890. The third-order valence-electron chi connectivity index (χ3n) is 3.21. The van der Waals surface area contributed by atoms with E-state index in [-0.39, 0.29) is 12.7 Å². The Kier molecular flexibility index (Phi) is 4.42. The van der Waals surface area contributed by atoms with E-state index in [2.05, 4.69) is 10.5 Å². The van der Waals surface area contributed by atoms with Crippen molar-refractivity contribution in [1.82, 2.24) is 5.43 Å². The number of hydrogen-bond acceptors (Lipinski definition) is 5. The van der Waals surface area contributed by atoms with Crippen molar-refractivity contribution in [2.24, 2.45) is 5.10 Å². The molecule has 1 aliphatic heterocycles. The lowest BCUT2D eigenvalue weighted by Gasteiger charge is -2.12. The van der Waals surface area contributed by atoms with Gasteiger partial charge >= 0.3 is 0 Å². The van der Waals surface area contributed by atoms with Gasteiger partial charge in [-0.2, -0.15) is 5.10 Å². The van der Waals surface area contributed by atoms with Crippen LogP contribution in [-0.4, -0.2) is 25.0 Å². The van der Waals surface area contributed by atoms with E-state index in [9.17, 15) is 4.79 Å². The summed E-state index contributed by atoms with van der Waals surface area (Å²) in [6, 6.07) is 14.6. The van der Waals surface area contributed by atoms with Gasteiger partial charge in [-0.1, -0.05) is 18.2 Å². The molecule has 1 amide bonds. The van der Waals surface area contributed by atoms with Crippen molar-refractivity contribution in [2.45, 2.75) is 13.0 Å². The number of amides is 1. The molecule has 0 radical (unpaired) electrons. The summed E-state index contributed by atoms with van der Waals surface area (Å²) in [5, 5.41) is 3.93. The molecule has 0 saturated heterocycles. The average molecular weight is 312 g/mol. The molecular weight excluding hydrogens is 296 g/mol. The second-order valence-corrected chi connectivity index (χ2v) is 4.92. The molecule has 0 unspecified atom stereocenters. The highest BCUT2D eigenvalue weighted by atomic mass is 16.7. The zero-order valence-electron chi connectivity index (χ0n) is 12.6. The van der Waals surface area contributed by atoms with Crippen molar-refractivity contribution in [3.63, 3.8) is 0 Å². The predicted octanol–water partition coefficient (Wildman–Crippen LogP) is 2.33. The summed E-state index contributed by atoms with van der Waals surface area (Å²) in [4.78, 5) is 11.9. The molecule has 6 heteroatoms. The van der Waals surface area contributed by atoms with Gasteiger partial charge < -0.3 is 14.2 Å². The Morgan fingerprint density at radius 3 is 2.83 bits per heavy atom. The highest BCUT2D eigenvalue weighted by Crippen LogP contribution is 2.31. The smallest absolute Gasteiger partial charge is 0.280 e. The lowest BCUT2D eigenvalue weighted by Crippen LogP contribution is -2.33. The first-order valence-corrected chi connectivity index (χ1v) is 7.16. The van der Waals surface area contributed by atoms with E-state index in [1.165, 1.54) is 6.21 Å². The molecule has 118 valence electrons. The number of carbonyl (C=O) groups excluding carboxylic acids is 1. The molecule has 0 fully saturated rings. The number of ether oxygens (including phenoxy) is 3. The van der Waals surface area contributed by atoms with Crippen LogP contribution >= 0.6 is 0 Å². The quantitative estimate of drug-likeness (QED) is 0.679. The van der Waals surface area contributed by atoms with Crippen LogP contribution in [-0.2, 0) is 4.79 Å². The first kappa shape index (κ1) is 14.9. The van der Waals surface area contributed by atoms with Crippen molar-refractivity contribution in [1.29, 1.82) is 0 Å². The number of carbonyl (C=O) groups is 1. The van der Waals surface area contributed by atoms with Crippen LogP contribution in [0.5, 0.6) is 17.2 Å². The first-order valence-electron chi connectivity index (χ1n) is 7.16. The topological polar surface area (TPSA) is 69.2 Å². The van der Waals surface area contributed by atoms with E-state index in [0.29, 0.717) is 17.2 Å². The normalized spacial score (nSPS) is 13.8. The third kappa shape index (κ3) is 3.79. The zero-order chi connectivity index (χ0) is 16.1. The SMILES string of the molecule is C[C@H](Oc1ccccc1)C(=O)N/N=C\c1ccc2c(c1)OCO2. The summed E-state index contributed by atoms with van der Waals surface area (Å²) in [6.45, 7) is 1.89. The Bertz CT molecular complexity index is 716. The van der Waals surface area contributed by atoms with Crippen LogP contribution in [0.2, 0.25) is 0 Å². The van der Waals surface area contributed by atoms with Crippen molar-refractivity contribution >= 4 is 12.1 Å². The maximum absolute atomic E-state index is 11.9. The van der Waals surface area contributed by atoms with Gasteiger partial charge in [0, 0.05) is 0 Å². The fraction of sp³-hybridized carbons (Fsp3) is 0.176. The van der Waals surface area contributed by atoms with Gasteiger partial charge in [0.1, 0.15) is 5.75 Å². The van der Waals surface area contributed by atoms with Crippen LogP contribution in [0.25, 0.3) is 0 Å². The fourth-order valence-electron chi connectivity index (χ4n) is 2.01. The summed E-state index contributed by atoms with van der Waals surface area (Å²) < 4.78 is 16.0. The highest BCUT2D eigenvalue weighted by molar-refractivity contribution is 5.85. The molecule has 0 bridgehead atoms. The number of fused-ring (bicyclic) bond motifs is 1. The highest BCUT2D eigenvalue weighted by Gasteiger charge is 2.14. The van der Waals surface area contributed by atoms with Crippen LogP contribution in [0.15, 0.2) is 53.6 Å². The molecule has 6 nitrogen and oxygen atoms in total. The molecule has 0 spiro atoms. The van der Waals surface area contributed by atoms with Gasteiger partial charge in [-0.25, -0.2) is 5.43 Å². The van der Waals surface area contributed by atoms with Crippen molar-refractivity contribution in [3.8, 4) is 17.2 Å². The van der Waals surface area contributed by atoms with E-state index in [1.807, 2.05) is 24.3 Å². The van der Waals surface area contributed by atoms with E-state index >= 15 is 0 Å². The first-order chi connectivity index (χ1) is 11.2. The van der Waals surface area contributed by atoms with Gasteiger partial charge in [-0.3, -0.25) is 4.79 Å². The Hall–Kier alpha value is -3.02. The maximum Gasteiger partial charge on any atom is 0.280 e. The summed E-state index contributed by atoms with van der Waals surface area (Å²) >= 11 is 0. The molecule has 2 aromatic rings. The number of hydrogen-bond donors (Lipinski definition) is 1. The third-order valence-corrected chi connectivity index (χ3v) is 3.21. The van der Waals surface area contributed by atoms with Crippen LogP contribution in [0.3, 0.4) is 0 Å². The number of hydrazone groups is 1. The average Bonchev–Trinajstić information content (AvgIpc) is 3.03. The van der Waals surface area contributed by atoms with Crippen molar-refractivity contribution in [2.75, 3.05) is 6.79 Å². The molecular formula is C17H16N2O4. The summed E-state index contributed by atoms with van der Waals surface area (Å²) in [5.41, 5.74) is 3.25. The molecule has 1 heterocycles. The number of benzene rings is 2. The molecule has 1 aliphatic rings. The van der Waals surface area contributed by atoms with Gasteiger partial charge in [0.05, 0.1) is 6.21 Å². The van der Waals surface area contributed by atoms with Gasteiger partial charge in [-0.15, -0.1) is 0 Å². The zero-order valence-corrected chi connectivity index (χ0v) is 12.6. The van der Waals surface area contributed by atoms with E-state index in [1.54, 1.807) is 31.2 Å². The van der Waals surface area contributed by atoms with Crippen LogP contribution in [0.1, 0.15) is 12.5 Å². The van der Waals surface area contributed by atoms with Crippen molar-refractivity contribution in [3.05, 3.63) is 54.1 Å². The molecule has 1 N–H and O–H groups in total. The number of rotatable bonds is 5. The van der Waals surface area contributed by atoms with Crippen LogP contribution in [0.4, 0.5) is 0 Å². The maximum atomic E-state index is 11.9. The Morgan fingerprint density at radius 2 is 2.00 bits per heavy atom. The van der Waals surface area contributed by atoms with E-state index < -0.39 is 6.10 Å². The standard InChI is InChI=1S/C17H16N2O4/c1-12(23-14-5-3-2-4-6-14)17(20)19-18-10-13-7-8-15-16(9-13)22-11-21-15/h2-10,12H,11H2,1H3,(H,19,20)/b18-10-/t12-/m0/s1. The Labute approximate surface area is 133 Å². The second kappa shape index (κ2) is 6.83. The molecule has 2 aromatic carbocycles. The molecule has 23 heavy (non-hydrogen) atoms. The van der Waals surface area contributed by atoms with Gasteiger partial charge in [-0.05, 0) is 42.8 Å². The minimum Gasteiger partial charge on any atom is -0.481 e. The molecule has 0 aromatic heterocycles. The number of nitrogens with zero attached hydrogens (tertiary/aromatic N) is 1. The molecule has 3 rings (SSSR count). The van der Waals surface area contributed by atoms with Crippen LogP contribution < -0.4 is 19.6 Å². The molecule has 0 aliphatic carbocycles. The minimum atomic E-state index is -0.647. The summed E-state index contributed by atoms with van der Waals surface area (Å²) in [7, 11) is 0.